The summed E-state index contributed by atoms with van der Waals surface area (Å²) >= 11 is 3.86. The molecule has 0 heterocycles. The van der Waals surface area contributed by atoms with Crippen LogP contribution in [-0.4, -0.2) is 88.8 Å². The fraction of sp³-hybridized carbons (Fsp3) is 0.647. The van der Waals surface area contributed by atoms with E-state index in [9.17, 15) is 34.2 Å². The molecule has 0 aliphatic carbocycles. The summed E-state index contributed by atoms with van der Waals surface area (Å²) in [4.78, 5) is 63.3. The van der Waals surface area contributed by atoms with E-state index in [-0.39, 0.29) is 43.9 Å². The molecule has 0 aliphatic heterocycles. The molecule has 15 nitrogen and oxygen atoms in total. The van der Waals surface area contributed by atoms with Gasteiger partial charge in [-0.3, -0.25) is 24.2 Å². The summed E-state index contributed by atoms with van der Waals surface area (Å²) in [6.45, 7) is -0.681. The maximum atomic E-state index is 12.6. The molecule has 188 valence electrons. The lowest BCUT2D eigenvalue weighted by atomic mass is 10.1. The molecule has 0 radical (unpaired) electrons. The first kappa shape index (κ1) is 29.9. The number of guanidine groups is 1. The van der Waals surface area contributed by atoms with Crippen molar-refractivity contribution in [1.82, 2.24) is 16.0 Å². The van der Waals surface area contributed by atoms with Crippen molar-refractivity contribution in [2.24, 2.45) is 27.9 Å². The first-order chi connectivity index (χ1) is 15.4. The average molecular weight is 493 g/mol. The Kier molecular flexibility index (Phi) is 14.2. The lowest BCUT2D eigenvalue weighted by Gasteiger charge is -2.24. The van der Waals surface area contributed by atoms with Crippen molar-refractivity contribution in [3.8, 4) is 0 Å². The van der Waals surface area contributed by atoms with E-state index in [1.165, 1.54) is 0 Å². The summed E-state index contributed by atoms with van der Waals surface area (Å²) in [6, 6.07) is -5.21. The van der Waals surface area contributed by atoms with E-state index in [0.717, 1.165) is 0 Å². The van der Waals surface area contributed by atoms with E-state index in [4.69, 9.17) is 22.9 Å². The number of nitrogens with zero attached hydrogens (tertiary/aromatic N) is 1. The Morgan fingerprint density at radius 3 is 1.91 bits per heavy atom. The monoisotopic (exact) mass is 492 g/mol. The van der Waals surface area contributed by atoms with E-state index in [1.807, 2.05) is 0 Å². The van der Waals surface area contributed by atoms with E-state index in [1.54, 1.807) is 0 Å². The second kappa shape index (κ2) is 15.7. The Hall–Kier alpha value is -3.11. The van der Waals surface area contributed by atoms with Crippen molar-refractivity contribution in [1.29, 1.82) is 0 Å². The number of thiol groups is 1. The fourth-order valence-electron chi connectivity index (χ4n) is 2.42. The van der Waals surface area contributed by atoms with Gasteiger partial charge in [0.05, 0.1) is 12.6 Å². The molecule has 0 spiro atoms. The molecule has 4 atom stereocenters. The van der Waals surface area contributed by atoms with Gasteiger partial charge in [0.2, 0.25) is 23.6 Å². The second-order valence-corrected chi connectivity index (χ2v) is 7.31. The summed E-state index contributed by atoms with van der Waals surface area (Å²) in [5, 5.41) is 25.5. The number of aliphatic hydroxyl groups is 1. The van der Waals surface area contributed by atoms with Gasteiger partial charge >= 0.3 is 5.97 Å². The van der Waals surface area contributed by atoms with Crippen molar-refractivity contribution in [2.45, 2.75) is 49.9 Å². The number of aliphatic carboxylic acids is 1. The van der Waals surface area contributed by atoms with E-state index < -0.39 is 60.4 Å². The van der Waals surface area contributed by atoms with Gasteiger partial charge < -0.3 is 49.1 Å². The third kappa shape index (κ3) is 12.5. The molecule has 4 amide bonds. The van der Waals surface area contributed by atoms with Crippen LogP contribution in [0, 0.1) is 0 Å². The molecule has 0 bridgehead atoms. The predicted octanol–water partition coefficient (Wildman–Crippen LogP) is -4.91. The number of hydrogen-bond acceptors (Lipinski definition) is 9. The van der Waals surface area contributed by atoms with Crippen LogP contribution in [0.5, 0.6) is 0 Å². The molecule has 0 fully saturated rings. The summed E-state index contributed by atoms with van der Waals surface area (Å²) in [5.41, 5.74) is 21.0. The van der Waals surface area contributed by atoms with E-state index in [0.29, 0.717) is 0 Å². The van der Waals surface area contributed by atoms with Gasteiger partial charge in [-0.05, 0) is 19.3 Å². The van der Waals surface area contributed by atoms with Gasteiger partial charge in [-0.25, -0.2) is 4.79 Å². The van der Waals surface area contributed by atoms with Gasteiger partial charge in [-0.1, -0.05) is 0 Å². The zero-order valence-electron chi connectivity index (χ0n) is 17.9. The van der Waals surface area contributed by atoms with Crippen molar-refractivity contribution in [2.75, 3.05) is 18.9 Å². The molecule has 13 N–H and O–H groups in total. The molecule has 0 aromatic rings. The van der Waals surface area contributed by atoms with Crippen molar-refractivity contribution in [3.05, 3.63) is 0 Å². The molecule has 4 unspecified atom stereocenters. The minimum atomic E-state index is -1.46. The normalized spacial score (nSPS) is 14.2. The number of carboxylic acid groups (broad SMARTS) is 1. The average Bonchev–Trinajstić information content (AvgIpc) is 2.75. The van der Waals surface area contributed by atoms with Crippen LogP contribution < -0.4 is 38.9 Å². The second-order valence-electron chi connectivity index (χ2n) is 6.95. The van der Waals surface area contributed by atoms with Crippen LogP contribution in [-0.2, 0) is 24.0 Å². The highest BCUT2D eigenvalue weighted by molar-refractivity contribution is 7.80. The maximum Gasteiger partial charge on any atom is 0.326 e. The van der Waals surface area contributed by atoms with Crippen LogP contribution in [0.4, 0.5) is 0 Å². The summed E-state index contributed by atoms with van der Waals surface area (Å²) in [7, 11) is 0. The number of rotatable bonds is 16. The van der Waals surface area contributed by atoms with Crippen molar-refractivity contribution in [3.63, 3.8) is 0 Å². The molecule has 0 saturated carbocycles. The maximum absolute atomic E-state index is 12.6. The van der Waals surface area contributed by atoms with E-state index >= 15 is 0 Å². The van der Waals surface area contributed by atoms with Gasteiger partial charge in [0, 0.05) is 18.7 Å². The first-order valence-corrected chi connectivity index (χ1v) is 10.5. The SMILES string of the molecule is NC(=O)CCC(NC(=O)C(CO)NC(=O)C(N)CS)C(=O)NC(CCCN=C(N)N)C(=O)O. The molecular formula is C17H32N8O7S. The van der Waals surface area contributed by atoms with Crippen LogP contribution in [0.1, 0.15) is 25.7 Å². The van der Waals surface area contributed by atoms with Crippen LogP contribution in [0.2, 0.25) is 0 Å². The van der Waals surface area contributed by atoms with Gasteiger partial charge in [-0.2, -0.15) is 12.6 Å². The largest absolute Gasteiger partial charge is 0.480 e. The molecule has 0 aromatic carbocycles. The topological polar surface area (TPSA) is 278 Å². The number of hydrogen-bond donors (Lipinski definition) is 10. The van der Waals surface area contributed by atoms with Gasteiger partial charge in [0.15, 0.2) is 5.96 Å². The molecule has 0 aromatic heterocycles. The zero-order chi connectivity index (χ0) is 25.6. The van der Waals surface area contributed by atoms with Crippen LogP contribution in [0.25, 0.3) is 0 Å². The van der Waals surface area contributed by atoms with Gasteiger partial charge in [0.1, 0.15) is 18.1 Å². The zero-order valence-corrected chi connectivity index (χ0v) is 18.8. The summed E-state index contributed by atoms with van der Waals surface area (Å²) in [5.74, 6) is -4.91. The highest BCUT2D eigenvalue weighted by Crippen LogP contribution is 2.04. The lowest BCUT2D eigenvalue weighted by Crippen LogP contribution is -2.58. The molecule has 16 heteroatoms. The minimum Gasteiger partial charge on any atom is -0.480 e. The smallest absolute Gasteiger partial charge is 0.326 e. The third-order valence-corrected chi connectivity index (χ3v) is 4.61. The lowest BCUT2D eigenvalue weighted by molar-refractivity contribution is -0.142. The number of carbonyl (C=O) groups is 5. The third-order valence-electron chi connectivity index (χ3n) is 4.22. The highest BCUT2D eigenvalue weighted by atomic mass is 32.1. The van der Waals surface area contributed by atoms with Gasteiger partial charge in [0.25, 0.3) is 0 Å². The minimum absolute atomic E-state index is 0.0188. The van der Waals surface area contributed by atoms with Crippen LogP contribution in [0.3, 0.4) is 0 Å². The number of aliphatic imine (C=N–C) groups is 1. The molecule has 0 rings (SSSR count). The number of primary amides is 1. The number of nitrogens with one attached hydrogen (secondary N) is 3. The predicted molar refractivity (Wildman–Crippen MR) is 121 cm³/mol. The molecule has 33 heavy (non-hydrogen) atoms. The van der Waals surface area contributed by atoms with E-state index in [2.05, 4.69) is 33.6 Å². The van der Waals surface area contributed by atoms with Crippen molar-refractivity contribution < 1.29 is 34.2 Å². The number of amides is 4. The number of carboxylic acids is 1. The number of carbonyl (C=O) groups excluding carboxylic acids is 4. The Morgan fingerprint density at radius 1 is 0.879 bits per heavy atom. The molecular weight excluding hydrogens is 460 g/mol. The Morgan fingerprint density at radius 2 is 1.42 bits per heavy atom. The highest BCUT2D eigenvalue weighted by Gasteiger charge is 2.30. The summed E-state index contributed by atoms with van der Waals surface area (Å²) in [6.07, 6.45) is -0.348. The first-order valence-electron chi connectivity index (χ1n) is 9.87. The standard InChI is InChI=1S/C17H32N8O7S/c18-8(7-33)13(28)25-11(6-26)15(30)23-9(3-4-12(19)27)14(29)24-10(16(31)32)2-1-5-22-17(20)21/h8-11,26,33H,1-7,18H2,(H2,19,27)(H,23,30)(H,24,29)(H,25,28)(H,31,32)(H4,20,21,22). The van der Waals surface area contributed by atoms with Crippen LogP contribution >= 0.6 is 12.6 Å². The Bertz CT molecular complexity index is 732. The quantitative estimate of drug-likeness (QED) is 0.0424. The Labute approximate surface area is 195 Å². The number of nitrogens with two attached hydrogens (primary N) is 4. The molecule has 0 saturated heterocycles. The van der Waals surface area contributed by atoms with Crippen molar-refractivity contribution >= 4 is 48.2 Å². The molecule has 0 aliphatic rings. The Balaban J connectivity index is 5.29. The summed E-state index contributed by atoms with van der Waals surface area (Å²) < 4.78 is 0. The van der Waals surface area contributed by atoms with Crippen LogP contribution in [0.15, 0.2) is 4.99 Å². The van der Waals surface area contributed by atoms with Gasteiger partial charge in [-0.15, -0.1) is 0 Å². The number of aliphatic hydroxyl groups excluding tert-OH is 1. The fourth-order valence-corrected chi connectivity index (χ4v) is 2.58.